The summed E-state index contributed by atoms with van der Waals surface area (Å²) in [6.45, 7) is 0. The Kier molecular flexibility index (Phi) is 2.73. The lowest BCUT2D eigenvalue weighted by Gasteiger charge is -2.57. The molecule has 1 aromatic rings. The van der Waals surface area contributed by atoms with Gasteiger partial charge in [-0.2, -0.15) is 0 Å². The van der Waals surface area contributed by atoms with Crippen molar-refractivity contribution < 1.29 is 0 Å². The van der Waals surface area contributed by atoms with Gasteiger partial charge in [-0.3, -0.25) is 0 Å². The predicted octanol–water partition coefficient (Wildman–Crippen LogP) is 2.89. The van der Waals surface area contributed by atoms with E-state index in [1.165, 1.54) is 44.9 Å². The zero-order valence-corrected chi connectivity index (χ0v) is 11.6. The third-order valence-electron chi connectivity index (χ3n) is 5.87. The SMILES string of the molecule is NC(Cc1ncc[nH]1)CC12CC3CC(CC(C3)C1)C2. The summed E-state index contributed by atoms with van der Waals surface area (Å²) in [5.74, 6) is 4.14. The summed E-state index contributed by atoms with van der Waals surface area (Å²) in [5.41, 5.74) is 7.02. The van der Waals surface area contributed by atoms with E-state index in [0.717, 1.165) is 30.0 Å². The average Bonchev–Trinajstić information content (AvgIpc) is 2.78. The molecule has 1 heterocycles. The molecule has 104 valence electrons. The zero-order chi connectivity index (χ0) is 12.9. The van der Waals surface area contributed by atoms with E-state index in [1.54, 1.807) is 0 Å². The summed E-state index contributed by atoms with van der Waals surface area (Å²) in [6.07, 6.45) is 14.8. The van der Waals surface area contributed by atoms with Gasteiger partial charge in [0, 0.05) is 24.9 Å². The number of H-pyrrole nitrogens is 1. The Morgan fingerprint density at radius 2 is 1.84 bits per heavy atom. The van der Waals surface area contributed by atoms with Crippen LogP contribution in [-0.4, -0.2) is 16.0 Å². The topological polar surface area (TPSA) is 54.7 Å². The molecule has 1 aromatic heterocycles. The van der Waals surface area contributed by atoms with E-state index in [4.69, 9.17) is 5.73 Å². The molecule has 0 aliphatic heterocycles. The van der Waals surface area contributed by atoms with E-state index in [2.05, 4.69) is 9.97 Å². The second-order valence-electron chi connectivity index (χ2n) is 7.62. The van der Waals surface area contributed by atoms with E-state index in [1.807, 2.05) is 12.4 Å². The van der Waals surface area contributed by atoms with Crippen molar-refractivity contribution in [1.29, 1.82) is 0 Å². The number of aromatic amines is 1. The summed E-state index contributed by atoms with van der Waals surface area (Å²) in [6, 6.07) is 0.280. The van der Waals surface area contributed by atoms with Gasteiger partial charge in [0.1, 0.15) is 5.82 Å². The highest BCUT2D eigenvalue weighted by Crippen LogP contribution is 2.61. The molecule has 4 saturated carbocycles. The minimum absolute atomic E-state index is 0.280. The maximum Gasteiger partial charge on any atom is 0.107 e. The molecule has 4 aliphatic carbocycles. The average molecular weight is 259 g/mol. The fourth-order valence-electron chi connectivity index (χ4n) is 5.83. The normalized spacial score (nSPS) is 41.6. The fraction of sp³-hybridized carbons (Fsp3) is 0.812. The molecule has 1 atom stereocenters. The van der Waals surface area contributed by atoms with Gasteiger partial charge in [0.05, 0.1) is 0 Å². The molecule has 0 radical (unpaired) electrons. The molecule has 4 fully saturated rings. The van der Waals surface area contributed by atoms with E-state index in [0.29, 0.717) is 5.41 Å². The molecule has 0 saturated heterocycles. The Balaban J connectivity index is 1.44. The number of hydrogen-bond donors (Lipinski definition) is 2. The summed E-state index contributed by atoms with van der Waals surface area (Å²) < 4.78 is 0. The Morgan fingerprint density at radius 1 is 1.21 bits per heavy atom. The van der Waals surface area contributed by atoms with E-state index in [-0.39, 0.29) is 6.04 Å². The van der Waals surface area contributed by atoms with Gasteiger partial charge in [-0.1, -0.05) is 0 Å². The van der Waals surface area contributed by atoms with Crippen molar-refractivity contribution in [1.82, 2.24) is 9.97 Å². The molecule has 4 bridgehead atoms. The number of rotatable bonds is 4. The lowest BCUT2D eigenvalue weighted by molar-refractivity contribution is -0.0603. The molecule has 1 unspecified atom stereocenters. The molecule has 4 aliphatic rings. The van der Waals surface area contributed by atoms with E-state index in [9.17, 15) is 0 Å². The summed E-state index contributed by atoms with van der Waals surface area (Å²) in [5, 5.41) is 0. The second kappa shape index (κ2) is 4.34. The molecular formula is C16H25N3. The van der Waals surface area contributed by atoms with Crippen molar-refractivity contribution >= 4 is 0 Å². The van der Waals surface area contributed by atoms with Gasteiger partial charge in [0.2, 0.25) is 0 Å². The van der Waals surface area contributed by atoms with Crippen LogP contribution in [-0.2, 0) is 6.42 Å². The van der Waals surface area contributed by atoms with Crippen LogP contribution >= 0.6 is 0 Å². The third-order valence-corrected chi connectivity index (χ3v) is 5.87. The Hall–Kier alpha value is -0.830. The number of imidazole rings is 1. The van der Waals surface area contributed by atoms with Crippen molar-refractivity contribution in [2.45, 2.75) is 57.4 Å². The predicted molar refractivity (Wildman–Crippen MR) is 75.5 cm³/mol. The van der Waals surface area contributed by atoms with Crippen molar-refractivity contribution in [3.63, 3.8) is 0 Å². The smallest absolute Gasteiger partial charge is 0.107 e. The van der Waals surface area contributed by atoms with Crippen LogP contribution in [0.1, 0.15) is 50.8 Å². The molecular weight excluding hydrogens is 234 g/mol. The van der Waals surface area contributed by atoms with Gasteiger partial charge in [-0.15, -0.1) is 0 Å². The molecule has 0 spiro atoms. The first-order valence-corrected chi connectivity index (χ1v) is 7.95. The second-order valence-corrected chi connectivity index (χ2v) is 7.62. The van der Waals surface area contributed by atoms with Crippen LogP contribution < -0.4 is 5.73 Å². The quantitative estimate of drug-likeness (QED) is 0.873. The Labute approximate surface area is 115 Å². The third kappa shape index (κ3) is 2.22. The lowest BCUT2D eigenvalue weighted by atomic mass is 9.48. The van der Waals surface area contributed by atoms with Crippen LogP contribution in [0.15, 0.2) is 12.4 Å². The molecule has 3 heteroatoms. The minimum Gasteiger partial charge on any atom is -0.349 e. The Bertz CT molecular complexity index is 402. The van der Waals surface area contributed by atoms with Crippen LogP contribution in [0.2, 0.25) is 0 Å². The zero-order valence-electron chi connectivity index (χ0n) is 11.6. The summed E-state index contributed by atoms with van der Waals surface area (Å²) in [4.78, 5) is 7.50. The van der Waals surface area contributed by atoms with Crippen LogP contribution in [0.3, 0.4) is 0 Å². The van der Waals surface area contributed by atoms with Gasteiger partial charge < -0.3 is 10.7 Å². The number of nitrogens with two attached hydrogens (primary N) is 1. The fourth-order valence-corrected chi connectivity index (χ4v) is 5.83. The first kappa shape index (κ1) is 12.0. The summed E-state index contributed by atoms with van der Waals surface area (Å²) >= 11 is 0. The highest BCUT2D eigenvalue weighted by molar-refractivity contribution is 5.03. The molecule has 0 aromatic carbocycles. The highest BCUT2D eigenvalue weighted by Gasteiger charge is 2.50. The molecule has 0 amide bonds. The Morgan fingerprint density at radius 3 is 2.37 bits per heavy atom. The summed E-state index contributed by atoms with van der Waals surface area (Å²) in [7, 11) is 0. The van der Waals surface area contributed by atoms with Gasteiger partial charge >= 0.3 is 0 Å². The number of aromatic nitrogens is 2. The highest BCUT2D eigenvalue weighted by atomic mass is 14.9. The number of nitrogens with zero attached hydrogens (tertiary/aromatic N) is 1. The van der Waals surface area contributed by atoms with Gasteiger partial charge in [0.15, 0.2) is 0 Å². The maximum absolute atomic E-state index is 6.43. The van der Waals surface area contributed by atoms with E-state index < -0.39 is 0 Å². The van der Waals surface area contributed by atoms with Gasteiger partial charge in [0.25, 0.3) is 0 Å². The molecule has 3 nitrogen and oxygen atoms in total. The standard InChI is InChI=1S/C16H25N3/c17-14(6-15-18-1-2-19-15)10-16-7-11-3-12(8-16)5-13(4-11)9-16/h1-2,11-14H,3-10,17H2,(H,18,19). The molecule has 19 heavy (non-hydrogen) atoms. The van der Waals surface area contributed by atoms with Gasteiger partial charge in [-0.05, 0) is 68.1 Å². The van der Waals surface area contributed by atoms with Crippen LogP contribution in [0.25, 0.3) is 0 Å². The van der Waals surface area contributed by atoms with E-state index >= 15 is 0 Å². The molecule has 3 N–H and O–H groups in total. The number of nitrogens with one attached hydrogen (secondary N) is 1. The largest absolute Gasteiger partial charge is 0.349 e. The first-order chi connectivity index (χ1) is 9.21. The van der Waals surface area contributed by atoms with Crippen LogP contribution in [0.5, 0.6) is 0 Å². The van der Waals surface area contributed by atoms with Crippen LogP contribution in [0.4, 0.5) is 0 Å². The molecule has 5 rings (SSSR count). The minimum atomic E-state index is 0.280. The van der Waals surface area contributed by atoms with Crippen molar-refractivity contribution in [3.8, 4) is 0 Å². The monoisotopic (exact) mass is 259 g/mol. The van der Waals surface area contributed by atoms with Crippen molar-refractivity contribution in [2.75, 3.05) is 0 Å². The van der Waals surface area contributed by atoms with Crippen LogP contribution in [0, 0.1) is 23.2 Å². The lowest BCUT2D eigenvalue weighted by Crippen LogP contribution is -2.48. The van der Waals surface area contributed by atoms with Crippen molar-refractivity contribution in [2.24, 2.45) is 28.9 Å². The van der Waals surface area contributed by atoms with Gasteiger partial charge in [-0.25, -0.2) is 4.98 Å². The van der Waals surface area contributed by atoms with Crippen molar-refractivity contribution in [3.05, 3.63) is 18.2 Å². The number of hydrogen-bond acceptors (Lipinski definition) is 2. The first-order valence-electron chi connectivity index (χ1n) is 7.95. The maximum atomic E-state index is 6.43.